The molecule has 0 aromatic heterocycles. The van der Waals surface area contributed by atoms with Gasteiger partial charge in [0.15, 0.2) is 4.30 Å². The van der Waals surface area contributed by atoms with E-state index < -0.39 is 36.0 Å². The predicted octanol–water partition coefficient (Wildman–Crippen LogP) is 6.29. The van der Waals surface area contributed by atoms with Crippen LogP contribution in [0.15, 0.2) is 0 Å². The SMILES string of the molecule is CC(C)(SC(=S)SC(C)(C)C(=O)O)C(=O)O.CC(C)=O.CCCCNS(=O)(=O)OO.ClC(Cl)Cl.S=C=S.[H+]. The standard InChI is InChI=1S/C9H14O4S3.C4H11NO4S.C3H6O.CHCl3.CS2/c1-8(2,5(10)11)15-7(14)16-9(3,4)6(12)13;1-2-3-4-5-10(7,8)9-6;1-3(2)4;2-1(3)4;2-1-3/h1-4H3,(H,10,11)(H,12,13);5-6H,2-4H2,1H3;1-2H3;1H;/p+1. The van der Waals surface area contributed by atoms with E-state index in [0.29, 0.717) is 10.1 Å². The first-order chi connectivity index (χ1) is 16.5. The van der Waals surface area contributed by atoms with Gasteiger partial charge in [-0.05, 0) is 72.4 Å². The first kappa shape index (κ1) is 47.1. The number of rotatable bonds is 9. The molecule has 19 heteroatoms. The van der Waals surface area contributed by atoms with Crippen molar-refractivity contribution in [2.75, 3.05) is 6.54 Å². The van der Waals surface area contributed by atoms with Crippen LogP contribution >= 0.6 is 95.0 Å². The van der Waals surface area contributed by atoms with Gasteiger partial charge in [-0.15, -0.1) is 0 Å². The van der Waals surface area contributed by atoms with E-state index in [4.69, 9.17) is 62.5 Å². The number of carbonyl (C=O) groups excluding carboxylic acids is 1. The van der Waals surface area contributed by atoms with Crippen LogP contribution in [0.2, 0.25) is 0 Å². The summed E-state index contributed by atoms with van der Waals surface area (Å²) in [7, 11) is -3.89. The number of halogens is 3. The number of carboxylic acid groups (broad SMARTS) is 2. The highest BCUT2D eigenvalue weighted by Crippen LogP contribution is 2.36. The third-order valence-corrected chi connectivity index (χ3v) is 6.07. The number of aliphatic carboxylic acids is 2. The summed E-state index contributed by atoms with van der Waals surface area (Å²) >= 11 is 29.3. The minimum atomic E-state index is -3.89. The number of unbranched alkanes of at least 4 members (excludes halogenated alkanes) is 1. The summed E-state index contributed by atoms with van der Waals surface area (Å²) in [6.45, 7) is 11.4. The predicted molar refractivity (Wildman–Crippen MR) is 166 cm³/mol. The van der Waals surface area contributed by atoms with Crippen molar-refractivity contribution in [3.63, 3.8) is 0 Å². The van der Waals surface area contributed by atoms with Crippen molar-refractivity contribution in [1.29, 1.82) is 0 Å². The Bertz CT molecular complexity index is 790. The Kier molecular flexibility index (Phi) is 33.8. The smallest absolute Gasteiger partial charge is 0.480 e. The van der Waals surface area contributed by atoms with E-state index in [0.717, 1.165) is 36.4 Å². The van der Waals surface area contributed by atoms with Gasteiger partial charge in [0, 0.05) is 10.9 Å². The average molecular weight is 706 g/mol. The topological polar surface area (TPSA) is 167 Å². The molecule has 0 bridgehead atoms. The van der Waals surface area contributed by atoms with Gasteiger partial charge in [-0.3, -0.25) is 9.59 Å². The molecule has 0 aromatic rings. The van der Waals surface area contributed by atoms with Crippen LogP contribution in [0.3, 0.4) is 0 Å². The van der Waals surface area contributed by atoms with Gasteiger partial charge in [-0.1, -0.05) is 88.2 Å². The molecule has 0 aromatic carbocycles. The van der Waals surface area contributed by atoms with Crippen LogP contribution in [0.25, 0.3) is 0 Å². The first-order valence-corrected chi connectivity index (χ1v) is 15.2. The van der Waals surface area contributed by atoms with Crippen LogP contribution in [0.1, 0.15) is 62.7 Å². The van der Waals surface area contributed by atoms with Crippen molar-refractivity contribution in [1.82, 2.24) is 4.72 Å². The molecule has 4 N–H and O–H groups in total. The molecule has 37 heavy (non-hydrogen) atoms. The summed E-state index contributed by atoms with van der Waals surface area (Å²) < 4.78 is 25.1. The van der Waals surface area contributed by atoms with E-state index in [1.54, 1.807) is 0 Å². The van der Waals surface area contributed by atoms with Gasteiger partial charge < -0.3 is 15.0 Å². The molecule has 220 valence electrons. The zero-order valence-corrected chi connectivity index (χ0v) is 28.2. The van der Waals surface area contributed by atoms with Crippen LogP contribution < -0.4 is 4.72 Å². The molecular weight excluding hydrogens is 673 g/mol. The minimum absolute atomic E-state index is 0. The summed E-state index contributed by atoms with van der Waals surface area (Å²) in [4.78, 5) is 31.1. The van der Waals surface area contributed by atoms with Crippen molar-refractivity contribution in [2.24, 2.45) is 0 Å². The van der Waals surface area contributed by atoms with Crippen LogP contribution in [-0.4, -0.2) is 69.8 Å². The molecule has 0 saturated heterocycles. The Morgan fingerprint density at radius 3 is 1.49 bits per heavy atom. The molecule has 0 unspecified atom stereocenters. The Labute approximate surface area is 259 Å². The lowest BCUT2D eigenvalue weighted by Crippen LogP contribution is -2.31. The maximum absolute atomic E-state index is 10.8. The third kappa shape index (κ3) is 43.6. The normalized spacial score (nSPS) is 10.4. The Balaban J connectivity index is -0.0000000989. The number of Topliss-reactive ketones (excluding diaryl/α,β-unsaturated/α-hetero) is 1. The van der Waals surface area contributed by atoms with Crippen molar-refractivity contribution >= 4 is 131 Å². The minimum Gasteiger partial charge on any atom is -0.480 e. The number of nitrogens with one attached hydrogen (secondary N) is 1. The fourth-order valence-electron chi connectivity index (χ4n) is 0.925. The van der Waals surface area contributed by atoms with Crippen LogP contribution in [0.4, 0.5) is 0 Å². The summed E-state index contributed by atoms with van der Waals surface area (Å²) in [6, 6.07) is 0. The highest BCUT2D eigenvalue weighted by atomic mass is 35.6. The maximum atomic E-state index is 10.8. The summed E-state index contributed by atoms with van der Waals surface area (Å²) in [5.41, 5.74) is 0. The Morgan fingerprint density at radius 1 is 1.03 bits per heavy atom. The number of thiocarbonyl (C=S) groups is 3. The number of thioether (sulfide) groups is 2. The zero-order valence-electron chi connectivity index (χ0n) is 22.1. The molecule has 0 atom stereocenters. The number of carboxylic acids is 2. The van der Waals surface area contributed by atoms with Gasteiger partial charge in [-0.2, -0.15) is 13.1 Å². The summed E-state index contributed by atoms with van der Waals surface area (Å²) in [5.74, 6) is -1.79. The fraction of sp³-hybridized carbons (Fsp3) is 0.722. The number of alkyl halides is 3. The van der Waals surface area contributed by atoms with Crippen molar-refractivity contribution in [3.05, 3.63) is 0 Å². The van der Waals surface area contributed by atoms with Gasteiger partial charge in [0.1, 0.15) is 18.8 Å². The van der Waals surface area contributed by atoms with Gasteiger partial charge in [0.25, 0.3) is 0 Å². The highest BCUT2D eigenvalue weighted by Gasteiger charge is 2.34. The average Bonchev–Trinajstić information content (AvgIpc) is 2.67. The molecular formula is C18H33Cl3NO9S6+. The Morgan fingerprint density at radius 2 is 1.30 bits per heavy atom. The number of ketones is 1. The van der Waals surface area contributed by atoms with Crippen molar-refractivity contribution < 1.29 is 44.0 Å². The van der Waals surface area contributed by atoms with Gasteiger partial charge in [-0.25, -0.2) is 5.26 Å². The molecule has 0 aliphatic carbocycles. The number of hydrogen-bond donors (Lipinski definition) is 4. The van der Waals surface area contributed by atoms with E-state index in [1.165, 1.54) is 41.5 Å². The molecule has 10 nitrogen and oxygen atoms in total. The lowest BCUT2D eigenvalue weighted by molar-refractivity contribution is -0.139. The zero-order chi connectivity index (χ0) is 31.0. The molecule has 0 amide bonds. The Hall–Kier alpha value is 0.320. The second-order valence-electron chi connectivity index (χ2n) is 7.10. The van der Waals surface area contributed by atoms with E-state index in [1.807, 2.05) is 16.0 Å². The fourth-order valence-corrected chi connectivity index (χ4v) is 5.05. The first-order valence-electron chi connectivity index (χ1n) is 9.59. The van der Waals surface area contributed by atoms with Crippen LogP contribution in [0, 0.1) is 0 Å². The number of carbonyl (C=O) groups is 3. The second-order valence-corrected chi connectivity index (χ2v) is 15.5. The van der Waals surface area contributed by atoms with E-state index >= 15 is 0 Å². The third-order valence-electron chi connectivity index (χ3n) is 2.61. The second kappa shape index (κ2) is 26.5. The summed E-state index contributed by atoms with van der Waals surface area (Å²) in [5, 5.41) is 25.5. The molecule has 0 saturated carbocycles. The van der Waals surface area contributed by atoms with E-state index in [2.05, 4.69) is 28.8 Å². The quantitative estimate of drug-likeness (QED) is 0.0695. The van der Waals surface area contributed by atoms with Gasteiger partial charge in [0.2, 0.25) is 0 Å². The van der Waals surface area contributed by atoms with E-state index in [-0.39, 0.29) is 7.21 Å². The summed E-state index contributed by atoms with van der Waals surface area (Å²) in [6.07, 6.45) is 1.61. The molecule has 0 fully saturated rings. The van der Waals surface area contributed by atoms with Crippen molar-refractivity contribution in [2.45, 2.75) is 75.1 Å². The van der Waals surface area contributed by atoms with Crippen LogP contribution in [-0.2, 0) is 29.0 Å². The van der Waals surface area contributed by atoms with Gasteiger partial charge >= 0.3 is 23.7 Å². The van der Waals surface area contributed by atoms with E-state index in [9.17, 15) is 22.8 Å². The molecule has 0 spiro atoms. The lowest BCUT2D eigenvalue weighted by atomic mass is 10.2. The van der Waals surface area contributed by atoms with Gasteiger partial charge in [0.05, 0.1) is 0 Å². The van der Waals surface area contributed by atoms with Crippen molar-refractivity contribution in [3.8, 4) is 0 Å². The molecule has 0 aliphatic heterocycles. The maximum Gasteiger partial charge on any atom is 1.00 e. The molecule has 0 rings (SSSR count). The monoisotopic (exact) mass is 704 g/mol. The number of hydrogen-bond acceptors (Lipinski definition) is 12. The molecule has 0 heterocycles. The molecule has 0 aliphatic rings. The molecule has 0 radical (unpaired) electrons. The van der Waals surface area contributed by atoms with Crippen LogP contribution in [0.5, 0.6) is 0 Å². The largest absolute Gasteiger partial charge is 1.00 e. The lowest BCUT2D eigenvalue weighted by Gasteiger charge is -2.22. The highest BCUT2D eigenvalue weighted by molar-refractivity contribution is 8.48.